The molecule has 0 radical (unpaired) electrons. The fraction of sp³-hybridized carbons (Fsp3) is 0.471. The van der Waals surface area contributed by atoms with Gasteiger partial charge in [-0.05, 0) is 24.3 Å². The molecular formula is C17H22N8. The Morgan fingerprint density at radius 1 is 1.04 bits per heavy atom. The fourth-order valence-electron chi connectivity index (χ4n) is 2.87. The van der Waals surface area contributed by atoms with Crippen LogP contribution in [0.3, 0.4) is 0 Å². The van der Waals surface area contributed by atoms with Crippen molar-refractivity contribution in [2.75, 3.05) is 29.9 Å². The van der Waals surface area contributed by atoms with Gasteiger partial charge in [-0.15, -0.1) is 20.4 Å². The topological polar surface area (TPSA) is 75.3 Å². The van der Waals surface area contributed by atoms with Crippen LogP contribution in [0, 0.1) is 0 Å². The van der Waals surface area contributed by atoms with E-state index in [1.807, 2.05) is 12.1 Å². The van der Waals surface area contributed by atoms with Gasteiger partial charge in [0, 0.05) is 25.6 Å². The third kappa shape index (κ3) is 2.88. The van der Waals surface area contributed by atoms with Gasteiger partial charge in [-0.3, -0.25) is 0 Å². The van der Waals surface area contributed by atoms with E-state index in [2.05, 4.69) is 75.2 Å². The van der Waals surface area contributed by atoms with E-state index in [1.165, 1.54) is 0 Å². The van der Waals surface area contributed by atoms with Crippen molar-refractivity contribution in [3.8, 4) is 0 Å². The first kappa shape index (κ1) is 15.7. The van der Waals surface area contributed by atoms with Crippen LogP contribution in [0.2, 0.25) is 0 Å². The highest BCUT2D eigenvalue weighted by atomic mass is 15.4. The maximum atomic E-state index is 4.53. The molecule has 3 aromatic rings. The molecular weight excluding hydrogens is 316 g/mol. The minimum atomic E-state index is 0.0177. The molecule has 0 spiro atoms. The molecule has 1 aliphatic heterocycles. The quantitative estimate of drug-likeness (QED) is 0.717. The second kappa shape index (κ2) is 5.65. The summed E-state index contributed by atoms with van der Waals surface area (Å²) in [5.74, 6) is 1.84. The molecule has 8 heteroatoms. The number of hydrogen-bond donors (Lipinski definition) is 0. The summed E-state index contributed by atoms with van der Waals surface area (Å²) in [6.45, 7) is 8.23. The molecule has 0 unspecified atom stereocenters. The van der Waals surface area contributed by atoms with Gasteiger partial charge in [0.25, 0.3) is 0 Å². The molecule has 3 aromatic heterocycles. The van der Waals surface area contributed by atoms with E-state index in [4.69, 9.17) is 0 Å². The van der Waals surface area contributed by atoms with E-state index in [0.29, 0.717) is 6.04 Å². The summed E-state index contributed by atoms with van der Waals surface area (Å²) in [5.41, 5.74) is 1.78. The number of likely N-dealkylation sites (N-methyl/N-ethyl adjacent to an activating group) is 1. The number of aromatic nitrogens is 6. The zero-order valence-corrected chi connectivity index (χ0v) is 15.0. The van der Waals surface area contributed by atoms with E-state index in [0.717, 1.165) is 36.1 Å². The molecule has 130 valence electrons. The molecule has 25 heavy (non-hydrogen) atoms. The van der Waals surface area contributed by atoms with Crippen molar-refractivity contribution in [1.82, 2.24) is 30.0 Å². The molecule has 1 fully saturated rings. The minimum Gasteiger partial charge on any atom is -0.352 e. The van der Waals surface area contributed by atoms with Crippen molar-refractivity contribution in [1.29, 1.82) is 0 Å². The van der Waals surface area contributed by atoms with Gasteiger partial charge in [0.1, 0.15) is 12.1 Å². The Hall–Kier alpha value is -2.77. The summed E-state index contributed by atoms with van der Waals surface area (Å²) < 4.78 is 1.70. The highest BCUT2D eigenvalue weighted by molar-refractivity contribution is 5.50. The largest absolute Gasteiger partial charge is 0.352 e. The third-order valence-corrected chi connectivity index (χ3v) is 4.66. The maximum Gasteiger partial charge on any atom is 0.177 e. The molecule has 0 saturated carbocycles. The average Bonchev–Trinajstić information content (AvgIpc) is 3.00. The molecule has 4 heterocycles. The number of rotatable bonds is 3. The number of fused-ring (bicyclic) bond motifs is 1. The van der Waals surface area contributed by atoms with Gasteiger partial charge >= 0.3 is 0 Å². The average molecular weight is 338 g/mol. The van der Waals surface area contributed by atoms with Gasteiger partial charge in [-0.1, -0.05) is 20.8 Å². The first-order valence-corrected chi connectivity index (χ1v) is 8.41. The first-order chi connectivity index (χ1) is 11.9. The van der Waals surface area contributed by atoms with Gasteiger partial charge in [0.15, 0.2) is 11.5 Å². The Balaban J connectivity index is 1.42. The molecule has 4 rings (SSSR count). The van der Waals surface area contributed by atoms with E-state index in [-0.39, 0.29) is 5.41 Å². The lowest BCUT2D eigenvalue weighted by Crippen LogP contribution is -2.59. The van der Waals surface area contributed by atoms with Crippen LogP contribution in [0.4, 0.5) is 11.6 Å². The third-order valence-electron chi connectivity index (χ3n) is 4.66. The van der Waals surface area contributed by atoms with Crippen LogP contribution < -0.4 is 9.80 Å². The zero-order chi connectivity index (χ0) is 17.6. The summed E-state index contributed by atoms with van der Waals surface area (Å²) in [4.78, 5) is 4.42. The Morgan fingerprint density at radius 3 is 2.52 bits per heavy atom. The number of nitrogens with zero attached hydrogens (tertiary/aromatic N) is 8. The van der Waals surface area contributed by atoms with Crippen molar-refractivity contribution in [3.05, 3.63) is 36.3 Å². The molecule has 1 saturated heterocycles. The van der Waals surface area contributed by atoms with Crippen LogP contribution in [-0.2, 0) is 5.41 Å². The first-order valence-electron chi connectivity index (χ1n) is 8.41. The SMILES string of the molecule is CN(c1ccc(C(C)(C)C)nn1)C1CN(c2ccc3nncn3n2)C1. The van der Waals surface area contributed by atoms with Crippen molar-refractivity contribution < 1.29 is 0 Å². The molecule has 8 nitrogen and oxygen atoms in total. The van der Waals surface area contributed by atoms with Crippen LogP contribution in [-0.4, -0.2) is 56.2 Å². The summed E-state index contributed by atoms with van der Waals surface area (Å²) in [6, 6.07) is 8.43. The highest BCUT2D eigenvalue weighted by Crippen LogP contribution is 2.25. The van der Waals surface area contributed by atoms with E-state index in [1.54, 1.807) is 10.8 Å². The summed E-state index contributed by atoms with van der Waals surface area (Å²) in [5, 5.41) is 21.2. The van der Waals surface area contributed by atoms with Crippen molar-refractivity contribution in [2.45, 2.75) is 32.2 Å². The van der Waals surface area contributed by atoms with Crippen LogP contribution in [0.25, 0.3) is 5.65 Å². The molecule has 0 N–H and O–H groups in total. The van der Waals surface area contributed by atoms with Gasteiger partial charge in [0.2, 0.25) is 0 Å². The molecule has 0 aliphatic carbocycles. The van der Waals surface area contributed by atoms with Crippen LogP contribution in [0.5, 0.6) is 0 Å². The van der Waals surface area contributed by atoms with E-state index >= 15 is 0 Å². The van der Waals surface area contributed by atoms with Gasteiger partial charge in [0.05, 0.1) is 11.7 Å². The van der Waals surface area contributed by atoms with E-state index < -0.39 is 0 Å². The molecule has 0 atom stereocenters. The van der Waals surface area contributed by atoms with Crippen LogP contribution in [0.1, 0.15) is 26.5 Å². The summed E-state index contributed by atoms with van der Waals surface area (Å²) in [6.07, 6.45) is 1.62. The monoisotopic (exact) mass is 338 g/mol. The smallest absolute Gasteiger partial charge is 0.177 e. The predicted octanol–water partition coefficient (Wildman–Crippen LogP) is 1.54. The van der Waals surface area contributed by atoms with Gasteiger partial charge in [-0.25, -0.2) is 0 Å². The number of hydrogen-bond acceptors (Lipinski definition) is 7. The minimum absolute atomic E-state index is 0.0177. The van der Waals surface area contributed by atoms with Gasteiger partial charge in [-0.2, -0.15) is 9.61 Å². The molecule has 0 bridgehead atoms. The van der Waals surface area contributed by atoms with Gasteiger partial charge < -0.3 is 9.80 Å². The Kier molecular flexibility index (Phi) is 3.55. The fourth-order valence-corrected chi connectivity index (χ4v) is 2.87. The summed E-state index contributed by atoms with van der Waals surface area (Å²) in [7, 11) is 2.07. The standard InChI is InChI=1S/C17H22N8/c1-17(2,3)13-5-6-14(21-19-13)23(4)12-9-24(10-12)16-8-7-15-20-18-11-25(15)22-16/h5-8,11-12H,9-10H2,1-4H3. The lowest BCUT2D eigenvalue weighted by molar-refractivity contribution is 0.484. The normalized spacial score (nSPS) is 15.4. The van der Waals surface area contributed by atoms with Crippen molar-refractivity contribution >= 4 is 17.3 Å². The zero-order valence-electron chi connectivity index (χ0n) is 15.0. The molecule has 1 aliphatic rings. The Bertz CT molecular complexity index is 874. The number of anilines is 2. The van der Waals surface area contributed by atoms with Crippen LogP contribution in [0.15, 0.2) is 30.6 Å². The van der Waals surface area contributed by atoms with Crippen molar-refractivity contribution in [3.63, 3.8) is 0 Å². The maximum absolute atomic E-state index is 4.53. The lowest BCUT2D eigenvalue weighted by Gasteiger charge is -2.44. The second-order valence-corrected chi connectivity index (χ2v) is 7.52. The second-order valence-electron chi connectivity index (χ2n) is 7.52. The van der Waals surface area contributed by atoms with Crippen molar-refractivity contribution in [2.24, 2.45) is 0 Å². The molecule has 0 amide bonds. The Morgan fingerprint density at radius 2 is 1.84 bits per heavy atom. The predicted molar refractivity (Wildman–Crippen MR) is 95.9 cm³/mol. The molecule has 0 aromatic carbocycles. The van der Waals surface area contributed by atoms with Crippen LogP contribution >= 0.6 is 0 Å². The highest BCUT2D eigenvalue weighted by Gasteiger charge is 2.32. The van der Waals surface area contributed by atoms with E-state index in [9.17, 15) is 0 Å². The lowest BCUT2D eigenvalue weighted by atomic mass is 9.92. The Labute approximate surface area is 146 Å². The summed E-state index contributed by atoms with van der Waals surface area (Å²) >= 11 is 0.